The van der Waals surface area contributed by atoms with Crippen molar-refractivity contribution in [2.24, 2.45) is 5.92 Å². The lowest BCUT2D eigenvalue weighted by Gasteiger charge is -2.28. The minimum Gasteiger partial charge on any atom is -0.504 e. The topological polar surface area (TPSA) is 83.9 Å². The molecule has 1 heterocycles. The predicted molar refractivity (Wildman–Crippen MR) is 116 cm³/mol. The van der Waals surface area contributed by atoms with Crippen LogP contribution in [0.1, 0.15) is 27.5 Å². The van der Waals surface area contributed by atoms with Gasteiger partial charge in [0, 0.05) is 11.3 Å². The van der Waals surface area contributed by atoms with Crippen LogP contribution in [0.5, 0.6) is 11.5 Å². The minimum atomic E-state index is -4.68. The first kappa shape index (κ1) is 23.0. The Morgan fingerprint density at radius 1 is 0.971 bits per heavy atom. The van der Waals surface area contributed by atoms with Crippen molar-refractivity contribution in [2.75, 3.05) is 12.0 Å². The number of alkyl halides is 3. The highest BCUT2D eigenvalue weighted by Crippen LogP contribution is 2.44. The number of aromatic hydroxyl groups is 1. The summed E-state index contributed by atoms with van der Waals surface area (Å²) in [6.45, 7) is 0. The van der Waals surface area contributed by atoms with Gasteiger partial charge in [0.05, 0.1) is 18.7 Å². The lowest BCUT2D eigenvalue weighted by Crippen LogP contribution is -2.31. The summed E-state index contributed by atoms with van der Waals surface area (Å²) in [5, 5.41) is 9.98. The molecular formula is C25H18F3NO5. The average Bonchev–Trinajstić information content (AvgIpc) is 3.09. The number of phenols is 1. The van der Waals surface area contributed by atoms with Crippen LogP contribution in [0, 0.1) is 5.92 Å². The third-order valence-corrected chi connectivity index (χ3v) is 5.64. The van der Waals surface area contributed by atoms with Crippen LogP contribution in [0.3, 0.4) is 0 Å². The van der Waals surface area contributed by atoms with Crippen LogP contribution in [0.4, 0.5) is 18.9 Å². The first-order valence-electron chi connectivity index (χ1n) is 10.1. The minimum absolute atomic E-state index is 0.0131. The second kappa shape index (κ2) is 8.66. The monoisotopic (exact) mass is 469 g/mol. The molecule has 1 amide bonds. The summed E-state index contributed by atoms with van der Waals surface area (Å²) in [4.78, 5) is 40.4. The molecule has 1 N–H and O–H groups in total. The van der Waals surface area contributed by atoms with E-state index in [1.54, 1.807) is 18.2 Å². The number of benzene rings is 3. The zero-order valence-electron chi connectivity index (χ0n) is 17.7. The molecule has 2 atom stereocenters. The molecule has 3 aromatic carbocycles. The fourth-order valence-electron chi connectivity index (χ4n) is 4.04. The number of Topliss-reactive ketones (excluding diaryl/α,β-unsaturated/α-hetero) is 2. The summed E-state index contributed by atoms with van der Waals surface area (Å²) in [6, 6.07) is 14.6. The average molecular weight is 469 g/mol. The molecule has 1 aliphatic heterocycles. The SMILES string of the molecule is COc1cc(C2C(C(=O)c3ccccc3)C(=O)C(=O)N2c2cccc(C(F)(F)F)c2)ccc1O. The van der Waals surface area contributed by atoms with E-state index in [0.29, 0.717) is 0 Å². The Morgan fingerprint density at radius 2 is 1.68 bits per heavy atom. The van der Waals surface area contributed by atoms with Crippen molar-refractivity contribution in [3.05, 3.63) is 89.5 Å². The molecule has 1 fully saturated rings. The summed E-state index contributed by atoms with van der Waals surface area (Å²) in [5.41, 5.74) is -0.783. The van der Waals surface area contributed by atoms with Gasteiger partial charge in [0.2, 0.25) is 5.78 Å². The summed E-state index contributed by atoms with van der Waals surface area (Å²) in [6.07, 6.45) is -4.68. The van der Waals surface area contributed by atoms with Crippen molar-refractivity contribution in [3.63, 3.8) is 0 Å². The van der Waals surface area contributed by atoms with E-state index in [2.05, 4.69) is 0 Å². The lowest BCUT2D eigenvalue weighted by molar-refractivity contribution is -0.137. The maximum atomic E-state index is 13.4. The molecule has 174 valence electrons. The number of hydrogen-bond acceptors (Lipinski definition) is 5. The largest absolute Gasteiger partial charge is 0.504 e. The van der Waals surface area contributed by atoms with E-state index in [1.165, 1.54) is 43.5 Å². The van der Waals surface area contributed by atoms with E-state index in [1.807, 2.05) is 0 Å². The summed E-state index contributed by atoms with van der Waals surface area (Å²) >= 11 is 0. The van der Waals surface area contributed by atoms with Crippen molar-refractivity contribution in [3.8, 4) is 11.5 Å². The molecule has 0 radical (unpaired) electrons. The second-order valence-corrected chi connectivity index (χ2v) is 7.67. The van der Waals surface area contributed by atoms with Gasteiger partial charge in [-0.3, -0.25) is 19.3 Å². The van der Waals surface area contributed by atoms with Crippen molar-refractivity contribution in [2.45, 2.75) is 12.2 Å². The molecule has 6 nitrogen and oxygen atoms in total. The Labute approximate surface area is 192 Å². The van der Waals surface area contributed by atoms with E-state index in [4.69, 9.17) is 4.74 Å². The van der Waals surface area contributed by atoms with Crippen LogP contribution < -0.4 is 9.64 Å². The number of methoxy groups -OCH3 is 1. The number of rotatable bonds is 5. The van der Waals surface area contributed by atoms with E-state index >= 15 is 0 Å². The highest BCUT2D eigenvalue weighted by Gasteiger charge is 2.52. The van der Waals surface area contributed by atoms with Gasteiger partial charge in [-0.1, -0.05) is 42.5 Å². The standard InChI is InChI=1S/C25H18F3NO5/c1-34-19-12-15(10-11-18(19)30)21-20(22(31)14-6-3-2-4-7-14)23(32)24(33)29(21)17-9-5-8-16(13-17)25(26,27)28/h2-13,20-21,30H,1H3. The van der Waals surface area contributed by atoms with Crippen LogP contribution in [-0.2, 0) is 15.8 Å². The molecule has 4 rings (SSSR count). The second-order valence-electron chi connectivity index (χ2n) is 7.67. The van der Waals surface area contributed by atoms with Crippen molar-refractivity contribution < 1.29 is 37.4 Å². The molecule has 9 heteroatoms. The predicted octanol–water partition coefficient (Wildman–Crippen LogP) is 4.58. The first-order chi connectivity index (χ1) is 16.1. The third kappa shape index (κ3) is 4.00. The van der Waals surface area contributed by atoms with Crippen LogP contribution in [0.2, 0.25) is 0 Å². The Bertz CT molecular complexity index is 1270. The molecule has 0 bridgehead atoms. The number of hydrogen-bond donors (Lipinski definition) is 1. The first-order valence-corrected chi connectivity index (χ1v) is 10.1. The molecular weight excluding hydrogens is 451 g/mol. The van der Waals surface area contributed by atoms with Crippen molar-refractivity contribution in [1.82, 2.24) is 0 Å². The highest BCUT2D eigenvalue weighted by atomic mass is 19.4. The third-order valence-electron chi connectivity index (χ3n) is 5.64. The number of anilines is 1. The molecule has 1 saturated heterocycles. The Balaban J connectivity index is 1.90. The molecule has 3 aromatic rings. The fourth-order valence-corrected chi connectivity index (χ4v) is 4.04. The van der Waals surface area contributed by atoms with Gasteiger partial charge in [-0.15, -0.1) is 0 Å². The number of amides is 1. The van der Waals surface area contributed by atoms with E-state index in [0.717, 1.165) is 23.1 Å². The molecule has 0 aromatic heterocycles. The van der Waals surface area contributed by atoms with E-state index in [9.17, 15) is 32.7 Å². The molecule has 0 aliphatic carbocycles. The summed E-state index contributed by atoms with van der Waals surface area (Å²) < 4.78 is 45.2. The Hall–Kier alpha value is -4.14. The Morgan fingerprint density at radius 3 is 2.32 bits per heavy atom. The van der Waals surface area contributed by atoms with Crippen LogP contribution in [0.15, 0.2) is 72.8 Å². The normalized spacial score (nSPS) is 18.3. The zero-order valence-corrected chi connectivity index (χ0v) is 17.7. The lowest BCUT2D eigenvalue weighted by atomic mass is 9.86. The molecule has 0 spiro atoms. The molecule has 34 heavy (non-hydrogen) atoms. The summed E-state index contributed by atoms with van der Waals surface area (Å²) in [5.74, 6) is -4.52. The van der Waals surface area contributed by atoms with Gasteiger partial charge in [-0.25, -0.2) is 0 Å². The van der Waals surface area contributed by atoms with Gasteiger partial charge in [-0.2, -0.15) is 13.2 Å². The smallest absolute Gasteiger partial charge is 0.416 e. The summed E-state index contributed by atoms with van der Waals surface area (Å²) in [7, 11) is 1.29. The molecule has 0 saturated carbocycles. The molecule has 2 unspecified atom stereocenters. The van der Waals surface area contributed by atoms with Crippen molar-refractivity contribution in [1.29, 1.82) is 0 Å². The van der Waals surface area contributed by atoms with Crippen LogP contribution in [0.25, 0.3) is 0 Å². The van der Waals surface area contributed by atoms with Crippen molar-refractivity contribution >= 4 is 23.2 Å². The van der Waals surface area contributed by atoms with Gasteiger partial charge in [-0.05, 0) is 35.9 Å². The number of carbonyl (C=O) groups excluding carboxylic acids is 3. The van der Waals surface area contributed by atoms with Gasteiger partial charge in [0.25, 0.3) is 5.91 Å². The molecule has 1 aliphatic rings. The van der Waals surface area contributed by atoms with Gasteiger partial charge in [0.1, 0.15) is 5.92 Å². The fraction of sp³-hybridized carbons (Fsp3) is 0.160. The zero-order chi connectivity index (χ0) is 24.6. The van der Waals surface area contributed by atoms with Gasteiger partial charge >= 0.3 is 6.18 Å². The maximum Gasteiger partial charge on any atom is 0.416 e. The number of halogens is 3. The van der Waals surface area contributed by atoms with Gasteiger partial charge < -0.3 is 9.84 Å². The Kier molecular flexibility index (Phi) is 5.87. The highest BCUT2D eigenvalue weighted by molar-refractivity contribution is 6.49. The quantitative estimate of drug-likeness (QED) is 0.336. The van der Waals surface area contributed by atoms with Crippen LogP contribution in [-0.4, -0.2) is 29.7 Å². The maximum absolute atomic E-state index is 13.4. The number of nitrogens with zero attached hydrogens (tertiary/aromatic N) is 1. The van der Waals surface area contributed by atoms with E-state index in [-0.39, 0.29) is 28.3 Å². The van der Waals surface area contributed by atoms with Gasteiger partial charge in [0.15, 0.2) is 17.3 Å². The number of phenolic OH excluding ortho intramolecular Hbond substituents is 1. The number of ketones is 2. The number of carbonyl (C=O) groups is 3. The van der Waals surface area contributed by atoms with Crippen LogP contribution >= 0.6 is 0 Å². The van der Waals surface area contributed by atoms with E-state index < -0.39 is 41.2 Å². The number of ether oxygens (including phenoxy) is 1.